The van der Waals surface area contributed by atoms with Crippen molar-refractivity contribution >= 4 is 5.71 Å². The number of hydrogen-bond donors (Lipinski definition) is 1. The van der Waals surface area contributed by atoms with Gasteiger partial charge in [-0.1, -0.05) is 24.3 Å². The molecule has 1 atom stereocenters. The van der Waals surface area contributed by atoms with Crippen molar-refractivity contribution in [3.8, 4) is 0 Å². The van der Waals surface area contributed by atoms with E-state index in [0.29, 0.717) is 5.92 Å². The van der Waals surface area contributed by atoms with Gasteiger partial charge in [-0.15, -0.1) is 0 Å². The Kier molecular flexibility index (Phi) is 2.17. The Morgan fingerprint density at radius 3 is 2.69 bits per heavy atom. The molecule has 0 aromatic heterocycles. The van der Waals surface area contributed by atoms with Crippen molar-refractivity contribution < 1.29 is 0 Å². The second-order valence-corrected chi connectivity index (χ2v) is 3.89. The smallest absolute Gasteiger partial charge is 0.00925 e. The van der Waals surface area contributed by atoms with Crippen LogP contribution in [-0.4, -0.2) is 5.71 Å². The molecule has 1 unspecified atom stereocenters. The van der Waals surface area contributed by atoms with E-state index in [4.69, 9.17) is 5.41 Å². The SMILES string of the molecule is CC(=N)C1CCc2ccccc2C1. The topological polar surface area (TPSA) is 23.9 Å². The van der Waals surface area contributed by atoms with Gasteiger partial charge in [0, 0.05) is 11.6 Å². The van der Waals surface area contributed by atoms with Crippen LogP contribution in [0.4, 0.5) is 0 Å². The van der Waals surface area contributed by atoms with E-state index in [2.05, 4.69) is 24.3 Å². The Bertz CT molecular complexity index is 328. The Hall–Kier alpha value is -1.11. The van der Waals surface area contributed by atoms with E-state index >= 15 is 0 Å². The van der Waals surface area contributed by atoms with Gasteiger partial charge >= 0.3 is 0 Å². The molecule has 0 heterocycles. The minimum Gasteiger partial charge on any atom is -0.310 e. The average Bonchev–Trinajstić information content (AvgIpc) is 2.17. The van der Waals surface area contributed by atoms with Crippen molar-refractivity contribution in [3.63, 3.8) is 0 Å². The molecule has 1 aliphatic carbocycles. The third-order valence-corrected chi connectivity index (χ3v) is 2.96. The van der Waals surface area contributed by atoms with Crippen LogP contribution in [0.2, 0.25) is 0 Å². The quantitative estimate of drug-likeness (QED) is 0.631. The zero-order valence-electron chi connectivity index (χ0n) is 8.01. The molecule has 1 heteroatoms. The van der Waals surface area contributed by atoms with Crippen LogP contribution in [0.5, 0.6) is 0 Å². The van der Waals surface area contributed by atoms with Gasteiger partial charge < -0.3 is 5.41 Å². The molecular weight excluding hydrogens is 158 g/mol. The van der Waals surface area contributed by atoms with E-state index in [0.717, 1.165) is 25.0 Å². The Morgan fingerprint density at radius 1 is 1.31 bits per heavy atom. The van der Waals surface area contributed by atoms with Crippen LogP contribution in [0.15, 0.2) is 24.3 Å². The minimum atomic E-state index is 0.495. The van der Waals surface area contributed by atoms with Crippen molar-refractivity contribution in [2.75, 3.05) is 0 Å². The predicted octanol–water partition coefficient (Wildman–Crippen LogP) is 2.83. The summed E-state index contributed by atoms with van der Waals surface area (Å²) in [6.07, 6.45) is 3.38. The van der Waals surface area contributed by atoms with Gasteiger partial charge in [0.05, 0.1) is 0 Å². The first-order valence-corrected chi connectivity index (χ1v) is 4.89. The molecule has 0 spiro atoms. The molecule has 2 rings (SSSR count). The number of nitrogens with one attached hydrogen (secondary N) is 1. The van der Waals surface area contributed by atoms with Gasteiger partial charge in [0.1, 0.15) is 0 Å². The molecular formula is C12H15N. The first-order valence-electron chi connectivity index (χ1n) is 4.89. The molecule has 1 aromatic carbocycles. The molecule has 1 nitrogen and oxygen atoms in total. The summed E-state index contributed by atoms with van der Waals surface area (Å²) in [5.41, 5.74) is 3.78. The summed E-state index contributed by atoms with van der Waals surface area (Å²) in [4.78, 5) is 0. The van der Waals surface area contributed by atoms with Gasteiger partial charge in [-0.05, 0) is 37.3 Å². The molecule has 1 aliphatic rings. The summed E-state index contributed by atoms with van der Waals surface area (Å²) in [7, 11) is 0. The van der Waals surface area contributed by atoms with Crippen LogP contribution in [0, 0.1) is 11.3 Å². The highest BCUT2D eigenvalue weighted by Gasteiger charge is 2.18. The number of aryl methyl sites for hydroxylation is 1. The first-order chi connectivity index (χ1) is 6.27. The van der Waals surface area contributed by atoms with E-state index in [1.165, 1.54) is 11.1 Å². The third-order valence-electron chi connectivity index (χ3n) is 2.96. The molecule has 1 aromatic rings. The zero-order valence-corrected chi connectivity index (χ0v) is 8.01. The van der Waals surface area contributed by atoms with E-state index in [1.807, 2.05) is 6.92 Å². The Balaban J connectivity index is 2.24. The molecule has 1 N–H and O–H groups in total. The highest BCUT2D eigenvalue weighted by molar-refractivity contribution is 5.81. The zero-order chi connectivity index (χ0) is 9.26. The summed E-state index contributed by atoms with van der Waals surface area (Å²) in [6.45, 7) is 1.93. The highest BCUT2D eigenvalue weighted by Crippen LogP contribution is 2.25. The first kappa shape index (κ1) is 8.49. The lowest BCUT2D eigenvalue weighted by Crippen LogP contribution is -2.19. The van der Waals surface area contributed by atoms with Gasteiger partial charge in [-0.3, -0.25) is 0 Å². The summed E-state index contributed by atoms with van der Waals surface area (Å²) in [6, 6.07) is 8.62. The molecule has 0 amide bonds. The van der Waals surface area contributed by atoms with Gasteiger partial charge in [-0.2, -0.15) is 0 Å². The van der Waals surface area contributed by atoms with Crippen molar-refractivity contribution in [1.82, 2.24) is 0 Å². The van der Waals surface area contributed by atoms with Crippen LogP contribution < -0.4 is 0 Å². The maximum Gasteiger partial charge on any atom is 0.00925 e. The Labute approximate surface area is 79.3 Å². The molecule has 0 saturated heterocycles. The fourth-order valence-corrected chi connectivity index (χ4v) is 2.07. The third kappa shape index (κ3) is 1.64. The van der Waals surface area contributed by atoms with Crippen molar-refractivity contribution in [3.05, 3.63) is 35.4 Å². The van der Waals surface area contributed by atoms with Crippen LogP contribution in [0.25, 0.3) is 0 Å². The molecule has 0 radical (unpaired) electrons. The number of fused-ring (bicyclic) bond motifs is 1. The fraction of sp³-hybridized carbons (Fsp3) is 0.417. The maximum atomic E-state index is 7.63. The van der Waals surface area contributed by atoms with Crippen LogP contribution in [-0.2, 0) is 12.8 Å². The second-order valence-electron chi connectivity index (χ2n) is 3.89. The Morgan fingerprint density at radius 2 is 2.00 bits per heavy atom. The van der Waals surface area contributed by atoms with Gasteiger partial charge in [0.2, 0.25) is 0 Å². The lowest BCUT2D eigenvalue weighted by Gasteiger charge is -2.23. The van der Waals surface area contributed by atoms with Crippen LogP contribution in [0.3, 0.4) is 0 Å². The van der Waals surface area contributed by atoms with Crippen molar-refractivity contribution in [2.24, 2.45) is 5.92 Å². The fourth-order valence-electron chi connectivity index (χ4n) is 2.07. The molecule has 0 fully saturated rings. The second kappa shape index (κ2) is 3.33. The molecule has 68 valence electrons. The molecule has 0 aliphatic heterocycles. The van der Waals surface area contributed by atoms with E-state index < -0.39 is 0 Å². The monoisotopic (exact) mass is 173 g/mol. The summed E-state index contributed by atoms with van der Waals surface area (Å²) >= 11 is 0. The predicted molar refractivity (Wildman–Crippen MR) is 55.4 cm³/mol. The largest absolute Gasteiger partial charge is 0.310 e. The van der Waals surface area contributed by atoms with E-state index in [1.54, 1.807) is 0 Å². The maximum absolute atomic E-state index is 7.63. The van der Waals surface area contributed by atoms with Gasteiger partial charge in [-0.25, -0.2) is 0 Å². The summed E-state index contributed by atoms with van der Waals surface area (Å²) in [5.74, 6) is 0.495. The molecule has 13 heavy (non-hydrogen) atoms. The minimum absolute atomic E-state index is 0.495. The lowest BCUT2D eigenvalue weighted by molar-refractivity contribution is 0.579. The lowest BCUT2D eigenvalue weighted by atomic mass is 9.82. The van der Waals surface area contributed by atoms with E-state index in [9.17, 15) is 0 Å². The van der Waals surface area contributed by atoms with Crippen LogP contribution in [0.1, 0.15) is 24.5 Å². The van der Waals surface area contributed by atoms with Crippen molar-refractivity contribution in [1.29, 1.82) is 5.41 Å². The van der Waals surface area contributed by atoms with Crippen LogP contribution >= 0.6 is 0 Å². The number of hydrogen-bond acceptors (Lipinski definition) is 1. The molecule has 0 saturated carbocycles. The highest BCUT2D eigenvalue weighted by atomic mass is 14.4. The average molecular weight is 173 g/mol. The van der Waals surface area contributed by atoms with Gasteiger partial charge in [0.25, 0.3) is 0 Å². The standard InChI is InChI=1S/C12H15N/c1-9(13)11-7-6-10-4-2-3-5-12(10)8-11/h2-5,11,13H,6-8H2,1H3. The summed E-state index contributed by atoms with van der Waals surface area (Å²) in [5, 5.41) is 7.63. The number of benzene rings is 1. The normalized spacial score (nSPS) is 20.8. The molecule has 0 bridgehead atoms. The van der Waals surface area contributed by atoms with E-state index in [-0.39, 0.29) is 0 Å². The number of rotatable bonds is 1. The van der Waals surface area contributed by atoms with Crippen molar-refractivity contribution in [2.45, 2.75) is 26.2 Å². The van der Waals surface area contributed by atoms with Gasteiger partial charge in [0.15, 0.2) is 0 Å². The summed E-state index contributed by atoms with van der Waals surface area (Å²) < 4.78 is 0.